The van der Waals surface area contributed by atoms with Gasteiger partial charge in [0.15, 0.2) is 5.82 Å². The molecule has 1 atom stereocenters. The van der Waals surface area contributed by atoms with Crippen molar-refractivity contribution in [2.24, 2.45) is 0 Å². The summed E-state index contributed by atoms with van der Waals surface area (Å²) in [5, 5.41) is 7.20. The summed E-state index contributed by atoms with van der Waals surface area (Å²) >= 11 is 0. The highest BCUT2D eigenvalue weighted by atomic mass is 16.5. The van der Waals surface area contributed by atoms with E-state index in [1.807, 2.05) is 0 Å². The van der Waals surface area contributed by atoms with Crippen LogP contribution in [0.5, 0.6) is 0 Å². The largest absolute Gasteiger partial charge is 0.369 e. The van der Waals surface area contributed by atoms with Gasteiger partial charge in [0.1, 0.15) is 6.61 Å². The third-order valence-corrected chi connectivity index (χ3v) is 2.67. The van der Waals surface area contributed by atoms with Crippen LogP contribution < -0.4 is 5.32 Å². The van der Waals surface area contributed by atoms with Gasteiger partial charge in [0, 0.05) is 13.0 Å². The Morgan fingerprint density at radius 2 is 2.50 bits per heavy atom. The van der Waals surface area contributed by atoms with Crippen molar-refractivity contribution in [1.82, 2.24) is 15.5 Å². The Morgan fingerprint density at radius 3 is 3.25 bits per heavy atom. The third-order valence-electron chi connectivity index (χ3n) is 2.67. The zero-order valence-electron chi connectivity index (χ0n) is 9.74. The maximum atomic E-state index is 5.71. The quantitative estimate of drug-likeness (QED) is 0.818. The van der Waals surface area contributed by atoms with Crippen LogP contribution in [-0.4, -0.2) is 29.3 Å². The smallest absolute Gasteiger partial charge is 0.226 e. The summed E-state index contributed by atoms with van der Waals surface area (Å²) in [7, 11) is 0. The van der Waals surface area contributed by atoms with Gasteiger partial charge in [-0.15, -0.1) is 0 Å². The van der Waals surface area contributed by atoms with Gasteiger partial charge in [0.2, 0.25) is 5.89 Å². The molecule has 1 aromatic rings. The van der Waals surface area contributed by atoms with Crippen molar-refractivity contribution in [1.29, 1.82) is 0 Å². The van der Waals surface area contributed by atoms with Crippen molar-refractivity contribution >= 4 is 0 Å². The lowest BCUT2D eigenvalue weighted by Gasteiger charge is -2.22. The normalized spacial score (nSPS) is 21.2. The molecule has 5 heteroatoms. The monoisotopic (exact) mass is 225 g/mol. The first-order chi connectivity index (χ1) is 7.88. The molecule has 0 aromatic carbocycles. The Kier molecular flexibility index (Phi) is 4.30. The summed E-state index contributed by atoms with van der Waals surface area (Å²) < 4.78 is 10.8. The van der Waals surface area contributed by atoms with Gasteiger partial charge in [-0.1, -0.05) is 12.1 Å². The molecule has 90 valence electrons. The SMILES string of the molecule is CCCc1nc(COC2CCCNC2)no1. The van der Waals surface area contributed by atoms with E-state index in [4.69, 9.17) is 9.26 Å². The van der Waals surface area contributed by atoms with E-state index >= 15 is 0 Å². The van der Waals surface area contributed by atoms with Crippen LogP contribution in [0.4, 0.5) is 0 Å². The molecular weight excluding hydrogens is 206 g/mol. The predicted octanol–water partition coefficient (Wildman–Crippen LogP) is 1.29. The minimum atomic E-state index is 0.293. The highest BCUT2D eigenvalue weighted by Crippen LogP contribution is 2.09. The lowest BCUT2D eigenvalue weighted by atomic mass is 10.1. The van der Waals surface area contributed by atoms with Gasteiger partial charge >= 0.3 is 0 Å². The first kappa shape index (κ1) is 11.5. The number of nitrogens with one attached hydrogen (secondary N) is 1. The average molecular weight is 225 g/mol. The van der Waals surface area contributed by atoms with E-state index in [2.05, 4.69) is 22.4 Å². The highest BCUT2D eigenvalue weighted by molar-refractivity contribution is 4.84. The predicted molar refractivity (Wildman–Crippen MR) is 59.0 cm³/mol. The Morgan fingerprint density at radius 1 is 1.56 bits per heavy atom. The molecule has 1 aromatic heterocycles. The number of nitrogens with zero attached hydrogens (tertiary/aromatic N) is 2. The maximum absolute atomic E-state index is 5.71. The lowest BCUT2D eigenvalue weighted by Crippen LogP contribution is -2.35. The molecule has 1 saturated heterocycles. The molecule has 1 aliphatic heterocycles. The number of hydrogen-bond acceptors (Lipinski definition) is 5. The number of rotatable bonds is 5. The van der Waals surface area contributed by atoms with E-state index in [1.165, 1.54) is 6.42 Å². The fourth-order valence-electron chi connectivity index (χ4n) is 1.82. The summed E-state index contributed by atoms with van der Waals surface area (Å²) in [5.41, 5.74) is 0. The maximum Gasteiger partial charge on any atom is 0.226 e. The molecule has 1 aliphatic rings. The number of ether oxygens (including phenoxy) is 1. The van der Waals surface area contributed by atoms with Crippen LogP contribution in [0, 0.1) is 0 Å². The third kappa shape index (κ3) is 3.28. The summed E-state index contributed by atoms with van der Waals surface area (Å²) in [6, 6.07) is 0. The molecule has 1 N–H and O–H groups in total. The minimum absolute atomic E-state index is 0.293. The Bertz CT molecular complexity index is 308. The van der Waals surface area contributed by atoms with Crippen LogP contribution in [0.15, 0.2) is 4.52 Å². The average Bonchev–Trinajstić information content (AvgIpc) is 2.76. The first-order valence-corrected chi connectivity index (χ1v) is 6.02. The van der Waals surface area contributed by atoms with Crippen molar-refractivity contribution in [3.05, 3.63) is 11.7 Å². The molecule has 16 heavy (non-hydrogen) atoms. The Hall–Kier alpha value is -0.940. The molecule has 2 heterocycles. The van der Waals surface area contributed by atoms with Gasteiger partial charge in [-0.25, -0.2) is 0 Å². The van der Waals surface area contributed by atoms with E-state index in [0.717, 1.165) is 32.4 Å². The molecule has 1 fully saturated rings. The first-order valence-electron chi connectivity index (χ1n) is 6.02. The zero-order chi connectivity index (χ0) is 11.2. The number of aromatic nitrogens is 2. The second kappa shape index (κ2) is 5.96. The van der Waals surface area contributed by atoms with E-state index in [-0.39, 0.29) is 0 Å². The molecule has 0 bridgehead atoms. The number of aryl methyl sites for hydroxylation is 1. The summed E-state index contributed by atoms with van der Waals surface area (Å²) in [6.07, 6.45) is 4.46. The standard InChI is InChI=1S/C11H19N3O2/c1-2-4-11-13-10(14-16-11)8-15-9-5-3-6-12-7-9/h9,12H,2-8H2,1H3. The van der Waals surface area contributed by atoms with Crippen LogP contribution in [0.3, 0.4) is 0 Å². The minimum Gasteiger partial charge on any atom is -0.369 e. The van der Waals surface area contributed by atoms with Crippen molar-refractivity contribution in [3.63, 3.8) is 0 Å². The number of hydrogen-bond donors (Lipinski definition) is 1. The van der Waals surface area contributed by atoms with Crippen LogP contribution >= 0.6 is 0 Å². The summed E-state index contributed by atoms with van der Waals surface area (Å²) in [4.78, 5) is 4.26. The van der Waals surface area contributed by atoms with Gasteiger partial charge in [-0.3, -0.25) is 0 Å². The Balaban J connectivity index is 1.75. The van der Waals surface area contributed by atoms with Crippen molar-refractivity contribution in [2.45, 2.75) is 45.3 Å². The zero-order valence-corrected chi connectivity index (χ0v) is 9.74. The summed E-state index contributed by atoms with van der Waals surface area (Å²) in [5.74, 6) is 1.37. The van der Waals surface area contributed by atoms with Gasteiger partial charge in [0.05, 0.1) is 6.10 Å². The van der Waals surface area contributed by atoms with Crippen LogP contribution in [0.2, 0.25) is 0 Å². The molecule has 0 radical (unpaired) electrons. The summed E-state index contributed by atoms with van der Waals surface area (Å²) in [6.45, 7) is 4.58. The van der Waals surface area contributed by atoms with Crippen LogP contribution in [-0.2, 0) is 17.8 Å². The molecule has 5 nitrogen and oxygen atoms in total. The fraction of sp³-hybridized carbons (Fsp3) is 0.818. The molecule has 2 rings (SSSR count). The number of piperidine rings is 1. The topological polar surface area (TPSA) is 60.2 Å². The van der Waals surface area contributed by atoms with Crippen LogP contribution in [0.1, 0.15) is 37.9 Å². The second-order valence-electron chi connectivity index (χ2n) is 4.13. The molecule has 0 amide bonds. The second-order valence-corrected chi connectivity index (χ2v) is 4.13. The van der Waals surface area contributed by atoms with Crippen molar-refractivity contribution in [3.8, 4) is 0 Å². The molecule has 0 saturated carbocycles. The molecule has 0 spiro atoms. The van der Waals surface area contributed by atoms with Crippen molar-refractivity contribution in [2.75, 3.05) is 13.1 Å². The molecular formula is C11H19N3O2. The van der Waals surface area contributed by atoms with E-state index in [0.29, 0.717) is 24.4 Å². The van der Waals surface area contributed by atoms with E-state index in [1.54, 1.807) is 0 Å². The molecule has 0 aliphatic carbocycles. The van der Waals surface area contributed by atoms with Gasteiger partial charge < -0.3 is 14.6 Å². The molecule has 1 unspecified atom stereocenters. The van der Waals surface area contributed by atoms with E-state index in [9.17, 15) is 0 Å². The lowest BCUT2D eigenvalue weighted by molar-refractivity contribution is 0.0210. The van der Waals surface area contributed by atoms with E-state index < -0.39 is 0 Å². The highest BCUT2D eigenvalue weighted by Gasteiger charge is 2.14. The van der Waals surface area contributed by atoms with Gasteiger partial charge in [-0.05, 0) is 25.8 Å². The van der Waals surface area contributed by atoms with Gasteiger partial charge in [-0.2, -0.15) is 4.98 Å². The Labute approximate surface area is 95.6 Å². The van der Waals surface area contributed by atoms with Crippen LogP contribution in [0.25, 0.3) is 0 Å². The van der Waals surface area contributed by atoms with Crippen molar-refractivity contribution < 1.29 is 9.26 Å². The fourth-order valence-corrected chi connectivity index (χ4v) is 1.82. The van der Waals surface area contributed by atoms with Gasteiger partial charge in [0.25, 0.3) is 0 Å².